The SMILES string of the molecule is CC(C)CCCC(C)C1CCC2C3CCC4CCC(c5ccccc5N=Nc5ccccc5)CC4(C)C3CCC12C. The Balaban J connectivity index is 1.19. The molecule has 0 aromatic heterocycles. The Labute approximate surface area is 251 Å². The van der Waals surface area contributed by atoms with Gasteiger partial charge in [-0.3, -0.25) is 0 Å². The maximum Gasteiger partial charge on any atom is 0.0891 e. The predicted molar refractivity (Wildman–Crippen MR) is 173 cm³/mol. The largest absolute Gasteiger partial charge is 0.151 e. The fraction of sp³-hybridized carbons (Fsp3) is 0.692. The van der Waals surface area contributed by atoms with E-state index >= 15 is 0 Å². The van der Waals surface area contributed by atoms with E-state index in [0.717, 1.165) is 52.8 Å². The van der Waals surface area contributed by atoms with E-state index in [-0.39, 0.29) is 0 Å². The maximum atomic E-state index is 4.79. The first kappa shape index (κ1) is 29.1. The van der Waals surface area contributed by atoms with Gasteiger partial charge in [0.05, 0.1) is 11.4 Å². The minimum Gasteiger partial charge on any atom is -0.151 e. The number of nitrogens with zero attached hydrogens (tertiary/aromatic N) is 2. The Hall–Kier alpha value is -1.96. The average Bonchev–Trinajstić information content (AvgIpc) is 3.33. The summed E-state index contributed by atoms with van der Waals surface area (Å²) in [6.45, 7) is 12.9. The van der Waals surface area contributed by atoms with Gasteiger partial charge in [0, 0.05) is 0 Å². The van der Waals surface area contributed by atoms with Gasteiger partial charge in [0.25, 0.3) is 0 Å². The third kappa shape index (κ3) is 5.59. The summed E-state index contributed by atoms with van der Waals surface area (Å²) in [5, 5.41) is 9.41. The van der Waals surface area contributed by atoms with Crippen LogP contribution in [-0.4, -0.2) is 0 Å². The zero-order valence-electron chi connectivity index (χ0n) is 26.7. The van der Waals surface area contributed by atoms with E-state index < -0.39 is 0 Å². The topological polar surface area (TPSA) is 24.7 Å². The predicted octanol–water partition coefficient (Wildman–Crippen LogP) is 12.3. The summed E-state index contributed by atoms with van der Waals surface area (Å²) in [5.74, 6) is 7.04. The molecule has 0 heterocycles. The van der Waals surface area contributed by atoms with Gasteiger partial charge in [-0.25, -0.2) is 0 Å². The molecule has 9 unspecified atom stereocenters. The molecule has 0 radical (unpaired) electrons. The highest BCUT2D eigenvalue weighted by Crippen LogP contribution is 2.69. The van der Waals surface area contributed by atoms with Crippen molar-refractivity contribution in [3.63, 3.8) is 0 Å². The first-order chi connectivity index (χ1) is 19.8. The molecule has 4 aliphatic rings. The second-order valence-electron chi connectivity index (χ2n) is 15.8. The maximum absolute atomic E-state index is 4.79. The van der Waals surface area contributed by atoms with Crippen molar-refractivity contribution < 1.29 is 0 Å². The Kier molecular flexibility index (Phi) is 8.50. The van der Waals surface area contributed by atoms with E-state index in [9.17, 15) is 0 Å². The van der Waals surface area contributed by atoms with E-state index in [2.05, 4.69) is 64.0 Å². The molecule has 0 spiro atoms. The van der Waals surface area contributed by atoms with Crippen molar-refractivity contribution in [2.45, 2.75) is 118 Å². The number of rotatable bonds is 8. The molecule has 0 saturated heterocycles. The van der Waals surface area contributed by atoms with E-state index in [1.165, 1.54) is 82.6 Å². The molecule has 222 valence electrons. The minimum absolute atomic E-state index is 0.470. The molecule has 2 aromatic carbocycles. The van der Waals surface area contributed by atoms with Gasteiger partial charge in [0.1, 0.15) is 0 Å². The van der Waals surface area contributed by atoms with Gasteiger partial charge >= 0.3 is 0 Å². The molecule has 2 aromatic rings. The Morgan fingerprint density at radius 2 is 1.46 bits per heavy atom. The molecular formula is C39H56N2. The van der Waals surface area contributed by atoms with Crippen LogP contribution in [0.1, 0.15) is 123 Å². The lowest BCUT2D eigenvalue weighted by Crippen LogP contribution is -2.53. The van der Waals surface area contributed by atoms with Crippen molar-refractivity contribution in [2.75, 3.05) is 0 Å². The third-order valence-electron chi connectivity index (χ3n) is 13.2. The highest BCUT2D eigenvalue weighted by Gasteiger charge is 2.60. The molecule has 41 heavy (non-hydrogen) atoms. The molecule has 6 rings (SSSR count). The van der Waals surface area contributed by atoms with Crippen molar-refractivity contribution in [3.8, 4) is 0 Å². The van der Waals surface area contributed by atoms with Crippen LogP contribution in [0, 0.1) is 52.3 Å². The summed E-state index contributed by atoms with van der Waals surface area (Å²) < 4.78 is 0. The summed E-state index contributed by atoms with van der Waals surface area (Å²) in [4.78, 5) is 0. The van der Waals surface area contributed by atoms with Crippen molar-refractivity contribution in [3.05, 3.63) is 60.2 Å². The number of benzene rings is 2. The number of fused-ring (bicyclic) bond motifs is 5. The molecule has 0 aliphatic heterocycles. The van der Waals surface area contributed by atoms with Gasteiger partial charge < -0.3 is 0 Å². The summed E-state index contributed by atoms with van der Waals surface area (Å²) in [6.07, 6.45) is 17.3. The molecule has 2 heteroatoms. The first-order valence-electron chi connectivity index (χ1n) is 17.4. The van der Waals surface area contributed by atoms with Crippen molar-refractivity contribution in [1.82, 2.24) is 0 Å². The van der Waals surface area contributed by atoms with Crippen LogP contribution in [0.15, 0.2) is 64.8 Å². The number of hydrogen-bond acceptors (Lipinski definition) is 2. The average molecular weight is 553 g/mol. The fourth-order valence-electron chi connectivity index (χ4n) is 11.2. The highest BCUT2D eigenvalue weighted by atomic mass is 15.1. The van der Waals surface area contributed by atoms with Gasteiger partial charge in [-0.1, -0.05) is 90.3 Å². The summed E-state index contributed by atoms with van der Waals surface area (Å²) >= 11 is 0. The van der Waals surface area contributed by atoms with Crippen LogP contribution in [0.25, 0.3) is 0 Å². The van der Waals surface area contributed by atoms with Crippen LogP contribution < -0.4 is 0 Å². The summed E-state index contributed by atoms with van der Waals surface area (Å²) in [6, 6.07) is 19.1. The van der Waals surface area contributed by atoms with Crippen LogP contribution in [0.5, 0.6) is 0 Å². The second-order valence-corrected chi connectivity index (χ2v) is 15.8. The standard InChI is InChI=1S/C39H56N2/c1-27(2)12-11-13-28(3)34-22-23-35-33-21-20-30-19-18-29(26-39(30,5)36(33)24-25-38(34,35)4)32-16-9-10-17-37(32)41-40-31-14-7-6-8-15-31/h6-10,14-17,27-30,33-36H,11-13,18-26H2,1-5H3. The minimum atomic E-state index is 0.470. The lowest BCUT2D eigenvalue weighted by atomic mass is 9.43. The molecule has 9 atom stereocenters. The van der Waals surface area contributed by atoms with Crippen molar-refractivity contribution in [1.29, 1.82) is 0 Å². The molecule has 4 aliphatic carbocycles. The van der Waals surface area contributed by atoms with E-state index in [0.29, 0.717) is 16.7 Å². The Bertz CT molecular complexity index is 1190. The third-order valence-corrected chi connectivity index (χ3v) is 13.2. The lowest BCUT2D eigenvalue weighted by molar-refractivity contribution is -0.117. The molecule has 0 amide bonds. The zero-order chi connectivity index (χ0) is 28.6. The second kappa shape index (κ2) is 12.0. The van der Waals surface area contributed by atoms with Gasteiger partial charge in [0.15, 0.2) is 0 Å². The molecule has 0 bridgehead atoms. The highest BCUT2D eigenvalue weighted by molar-refractivity contribution is 5.48. The van der Waals surface area contributed by atoms with Crippen molar-refractivity contribution in [2.24, 2.45) is 62.5 Å². The van der Waals surface area contributed by atoms with E-state index in [4.69, 9.17) is 5.11 Å². The van der Waals surface area contributed by atoms with Gasteiger partial charge in [-0.05, 0) is 140 Å². The fourth-order valence-corrected chi connectivity index (χ4v) is 11.2. The quantitative estimate of drug-likeness (QED) is 0.291. The van der Waals surface area contributed by atoms with Gasteiger partial charge in [0.2, 0.25) is 0 Å². The van der Waals surface area contributed by atoms with Crippen molar-refractivity contribution >= 4 is 11.4 Å². The smallest absolute Gasteiger partial charge is 0.0891 e. The van der Waals surface area contributed by atoms with E-state index in [1.54, 1.807) is 0 Å². The molecule has 4 fully saturated rings. The zero-order valence-corrected chi connectivity index (χ0v) is 26.7. The van der Waals surface area contributed by atoms with Crippen LogP contribution in [0.4, 0.5) is 11.4 Å². The molecule has 4 saturated carbocycles. The Morgan fingerprint density at radius 1 is 0.732 bits per heavy atom. The van der Waals surface area contributed by atoms with E-state index in [1.807, 2.05) is 30.3 Å². The Morgan fingerprint density at radius 3 is 2.27 bits per heavy atom. The number of azo groups is 1. The number of hydrogen-bond donors (Lipinski definition) is 0. The first-order valence-corrected chi connectivity index (χ1v) is 17.4. The van der Waals surface area contributed by atoms with Crippen LogP contribution in [0.3, 0.4) is 0 Å². The van der Waals surface area contributed by atoms with Crippen LogP contribution >= 0.6 is 0 Å². The van der Waals surface area contributed by atoms with Gasteiger partial charge in [-0.15, -0.1) is 0 Å². The monoisotopic (exact) mass is 552 g/mol. The molecular weight excluding hydrogens is 496 g/mol. The summed E-state index contributed by atoms with van der Waals surface area (Å²) in [5.41, 5.74) is 4.50. The summed E-state index contributed by atoms with van der Waals surface area (Å²) in [7, 11) is 0. The normalized spacial score (nSPS) is 37.5. The lowest BCUT2D eigenvalue weighted by Gasteiger charge is -2.61. The van der Waals surface area contributed by atoms with Gasteiger partial charge in [-0.2, -0.15) is 10.2 Å². The molecule has 0 N–H and O–H groups in total. The molecule has 2 nitrogen and oxygen atoms in total. The van der Waals surface area contributed by atoms with Crippen LogP contribution in [0.2, 0.25) is 0 Å². The van der Waals surface area contributed by atoms with Crippen LogP contribution in [-0.2, 0) is 0 Å².